The highest BCUT2D eigenvalue weighted by Crippen LogP contribution is 2.05. The molecule has 1 aliphatic heterocycles. The quantitative estimate of drug-likeness (QED) is 0.860. The smallest absolute Gasteiger partial charge is 0.234 e. The van der Waals surface area contributed by atoms with Crippen LogP contribution in [-0.2, 0) is 16.0 Å². The molecule has 126 valence electrons. The molecule has 1 aliphatic rings. The van der Waals surface area contributed by atoms with Gasteiger partial charge >= 0.3 is 0 Å². The molecule has 5 heteroatoms. The first kappa shape index (κ1) is 17.5. The number of benzene rings is 1. The van der Waals surface area contributed by atoms with Crippen LogP contribution in [0.3, 0.4) is 0 Å². The summed E-state index contributed by atoms with van der Waals surface area (Å²) >= 11 is 0. The molecule has 2 amide bonds. The van der Waals surface area contributed by atoms with Crippen LogP contribution in [-0.4, -0.2) is 60.4 Å². The van der Waals surface area contributed by atoms with E-state index >= 15 is 0 Å². The topological polar surface area (TPSA) is 52.7 Å². The molecule has 23 heavy (non-hydrogen) atoms. The highest BCUT2D eigenvalue weighted by Gasteiger charge is 2.20. The third kappa shape index (κ3) is 6.02. The van der Waals surface area contributed by atoms with Crippen molar-refractivity contribution in [1.82, 2.24) is 15.1 Å². The lowest BCUT2D eigenvalue weighted by atomic mass is 10.1. The summed E-state index contributed by atoms with van der Waals surface area (Å²) in [5.41, 5.74) is 1.30. The minimum absolute atomic E-state index is 0.0711. The second kappa shape index (κ2) is 8.67. The minimum atomic E-state index is 0.0711. The summed E-state index contributed by atoms with van der Waals surface area (Å²) in [6.07, 6.45) is 1.91. The molecule has 1 aromatic rings. The summed E-state index contributed by atoms with van der Waals surface area (Å²) in [7, 11) is 0. The number of piperazine rings is 1. The first-order valence-electron chi connectivity index (χ1n) is 8.36. The van der Waals surface area contributed by atoms with Gasteiger partial charge in [0, 0.05) is 39.1 Å². The van der Waals surface area contributed by atoms with Gasteiger partial charge in [-0.25, -0.2) is 0 Å². The summed E-state index contributed by atoms with van der Waals surface area (Å²) in [4.78, 5) is 27.3. The van der Waals surface area contributed by atoms with Crippen LogP contribution in [0.15, 0.2) is 30.3 Å². The van der Waals surface area contributed by atoms with Gasteiger partial charge in [-0.1, -0.05) is 30.3 Å². The van der Waals surface area contributed by atoms with Crippen molar-refractivity contribution in [3.8, 4) is 0 Å². The van der Waals surface area contributed by atoms with Crippen LogP contribution >= 0.6 is 0 Å². The van der Waals surface area contributed by atoms with E-state index in [0.29, 0.717) is 19.6 Å². The van der Waals surface area contributed by atoms with E-state index in [0.717, 1.165) is 25.9 Å². The van der Waals surface area contributed by atoms with Crippen molar-refractivity contribution in [2.45, 2.75) is 32.7 Å². The van der Waals surface area contributed by atoms with Gasteiger partial charge in [-0.3, -0.25) is 14.5 Å². The third-order valence-corrected chi connectivity index (χ3v) is 4.30. The summed E-state index contributed by atoms with van der Waals surface area (Å²) in [5.74, 6) is 0.186. The lowest BCUT2D eigenvalue weighted by molar-refractivity contribution is -0.131. The van der Waals surface area contributed by atoms with E-state index in [1.54, 1.807) is 6.92 Å². The normalized spacial score (nSPS) is 16.9. The highest BCUT2D eigenvalue weighted by atomic mass is 16.2. The Labute approximate surface area is 138 Å². The number of aryl methyl sites for hydroxylation is 1. The largest absolute Gasteiger partial charge is 0.353 e. The monoisotopic (exact) mass is 317 g/mol. The molecule has 0 spiro atoms. The third-order valence-electron chi connectivity index (χ3n) is 4.30. The average Bonchev–Trinajstić information content (AvgIpc) is 2.54. The van der Waals surface area contributed by atoms with E-state index in [4.69, 9.17) is 0 Å². The Balaban J connectivity index is 1.65. The first-order chi connectivity index (χ1) is 11.0. The fraction of sp³-hybridized carbons (Fsp3) is 0.556. The molecule has 5 nitrogen and oxygen atoms in total. The maximum absolute atomic E-state index is 12.1. The number of nitrogens with one attached hydrogen (secondary N) is 1. The Morgan fingerprint density at radius 1 is 1.13 bits per heavy atom. The number of carbonyl (C=O) groups excluding carboxylic acids is 2. The number of rotatable bonds is 6. The molecule has 0 aliphatic carbocycles. The average molecular weight is 317 g/mol. The summed E-state index contributed by atoms with van der Waals surface area (Å²) in [6, 6.07) is 10.5. The molecule has 1 aromatic carbocycles. The van der Waals surface area contributed by atoms with Crippen LogP contribution in [0.25, 0.3) is 0 Å². The van der Waals surface area contributed by atoms with Crippen LogP contribution in [0.1, 0.15) is 25.8 Å². The number of amides is 2. The van der Waals surface area contributed by atoms with Gasteiger partial charge in [-0.15, -0.1) is 0 Å². The van der Waals surface area contributed by atoms with Crippen molar-refractivity contribution >= 4 is 11.8 Å². The number of carbonyl (C=O) groups is 2. The van der Waals surface area contributed by atoms with E-state index in [9.17, 15) is 9.59 Å². The molecular formula is C18H27N3O2. The molecule has 1 atom stereocenters. The van der Waals surface area contributed by atoms with E-state index in [1.165, 1.54) is 5.56 Å². The summed E-state index contributed by atoms with van der Waals surface area (Å²) < 4.78 is 0. The molecule has 1 N–H and O–H groups in total. The van der Waals surface area contributed by atoms with Crippen molar-refractivity contribution in [2.24, 2.45) is 0 Å². The SMILES string of the molecule is CC(=O)N1CCN(CC(=O)N[C@@H](C)CCc2ccccc2)CC1. The van der Waals surface area contributed by atoms with Gasteiger partial charge in [0.05, 0.1) is 6.54 Å². The van der Waals surface area contributed by atoms with Crippen molar-refractivity contribution in [3.05, 3.63) is 35.9 Å². The van der Waals surface area contributed by atoms with Crippen LogP contribution in [0, 0.1) is 0 Å². The fourth-order valence-electron chi connectivity index (χ4n) is 2.84. The van der Waals surface area contributed by atoms with E-state index in [1.807, 2.05) is 23.1 Å². The van der Waals surface area contributed by atoms with Crippen molar-refractivity contribution < 1.29 is 9.59 Å². The number of hydrogen-bond donors (Lipinski definition) is 1. The predicted molar refractivity (Wildman–Crippen MR) is 91.1 cm³/mol. The molecule has 0 aromatic heterocycles. The van der Waals surface area contributed by atoms with Crippen molar-refractivity contribution in [3.63, 3.8) is 0 Å². The van der Waals surface area contributed by atoms with Gasteiger partial charge in [0.2, 0.25) is 11.8 Å². The zero-order chi connectivity index (χ0) is 16.7. The molecule has 1 saturated heterocycles. The van der Waals surface area contributed by atoms with Gasteiger partial charge in [0.15, 0.2) is 0 Å². The zero-order valence-corrected chi connectivity index (χ0v) is 14.1. The summed E-state index contributed by atoms with van der Waals surface area (Å²) in [6.45, 7) is 7.03. The molecule has 2 rings (SSSR count). The Hall–Kier alpha value is -1.88. The molecular weight excluding hydrogens is 290 g/mol. The fourth-order valence-corrected chi connectivity index (χ4v) is 2.84. The maximum Gasteiger partial charge on any atom is 0.234 e. The molecule has 0 radical (unpaired) electrons. The number of nitrogens with zero attached hydrogens (tertiary/aromatic N) is 2. The molecule has 1 fully saturated rings. The van der Waals surface area contributed by atoms with E-state index in [-0.39, 0.29) is 17.9 Å². The lowest BCUT2D eigenvalue weighted by Crippen LogP contribution is -2.51. The van der Waals surface area contributed by atoms with Crippen LogP contribution < -0.4 is 5.32 Å². The minimum Gasteiger partial charge on any atom is -0.353 e. The zero-order valence-electron chi connectivity index (χ0n) is 14.1. The summed E-state index contributed by atoms with van der Waals surface area (Å²) in [5, 5.41) is 3.07. The van der Waals surface area contributed by atoms with Crippen LogP contribution in [0.2, 0.25) is 0 Å². The highest BCUT2D eigenvalue weighted by molar-refractivity contribution is 5.78. The first-order valence-corrected chi connectivity index (χ1v) is 8.36. The number of hydrogen-bond acceptors (Lipinski definition) is 3. The van der Waals surface area contributed by atoms with Crippen LogP contribution in [0.4, 0.5) is 0 Å². The van der Waals surface area contributed by atoms with Gasteiger partial charge in [0.25, 0.3) is 0 Å². The van der Waals surface area contributed by atoms with Crippen molar-refractivity contribution in [2.75, 3.05) is 32.7 Å². The van der Waals surface area contributed by atoms with Gasteiger partial charge < -0.3 is 10.2 Å². The standard InChI is InChI=1S/C18H27N3O2/c1-15(8-9-17-6-4-3-5-7-17)19-18(23)14-20-10-12-21(13-11-20)16(2)22/h3-7,15H,8-14H2,1-2H3,(H,19,23)/t15-/m0/s1. The van der Waals surface area contributed by atoms with E-state index < -0.39 is 0 Å². The Kier molecular flexibility index (Phi) is 6.59. The Morgan fingerprint density at radius 3 is 2.39 bits per heavy atom. The lowest BCUT2D eigenvalue weighted by Gasteiger charge is -2.33. The predicted octanol–water partition coefficient (Wildman–Crippen LogP) is 1.29. The van der Waals surface area contributed by atoms with Gasteiger partial charge in [-0.2, -0.15) is 0 Å². The molecule has 1 heterocycles. The second-order valence-corrected chi connectivity index (χ2v) is 6.28. The van der Waals surface area contributed by atoms with Gasteiger partial charge in [-0.05, 0) is 25.3 Å². The second-order valence-electron chi connectivity index (χ2n) is 6.28. The van der Waals surface area contributed by atoms with E-state index in [2.05, 4.69) is 29.3 Å². The van der Waals surface area contributed by atoms with Gasteiger partial charge in [0.1, 0.15) is 0 Å². The molecule has 0 unspecified atom stereocenters. The van der Waals surface area contributed by atoms with Crippen LogP contribution in [0.5, 0.6) is 0 Å². The Bertz CT molecular complexity index is 510. The maximum atomic E-state index is 12.1. The molecule has 0 saturated carbocycles. The van der Waals surface area contributed by atoms with Crippen molar-refractivity contribution in [1.29, 1.82) is 0 Å². The molecule has 0 bridgehead atoms. The Morgan fingerprint density at radius 2 is 1.78 bits per heavy atom.